The summed E-state index contributed by atoms with van der Waals surface area (Å²) in [7, 11) is 0. The van der Waals surface area contributed by atoms with Crippen molar-refractivity contribution in [1.29, 1.82) is 0 Å². The predicted octanol–water partition coefficient (Wildman–Crippen LogP) is -0.274. The summed E-state index contributed by atoms with van der Waals surface area (Å²) in [6.07, 6.45) is -1.83. The minimum atomic E-state index is -1.83. The molecular formula is CH4CsFO3. The van der Waals surface area contributed by atoms with Crippen LogP contribution in [0.1, 0.15) is 0 Å². The summed E-state index contributed by atoms with van der Waals surface area (Å²) in [6.45, 7) is 0. The Bertz CT molecular complexity index is 33.8. The van der Waals surface area contributed by atoms with Crippen LogP contribution in [0.5, 0.6) is 0 Å². The van der Waals surface area contributed by atoms with Crippen molar-refractivity contribution in [3.05, 3.63) is 0 Å². The molecule has 0 heterocycles. The Balaban J connectivity index is -0.0000000450. The molecule has 5 heteroatoms. The summed E-state index contributed by atoms with van der Waals surface area (Å²) in [5.74, 6) is 0. The van der Waals surface area contributed by atoms with Crippen LogP contribution in [0.3, 0.4) is 0 Å². The first kappa shape index (κ1) is 15.7. The molecule has 0 radical (unpaired) electrons. The second kappa shape index (κ2) is 9.54. The van der Waals surface area contributed by atoms with Gasteiger partial charge in [-0.3, -0.25) is 4.70 Å². The average Bonchev–Trinajstić information content (AvgIpc) is 0.811. The third-order valence-electron chi connectivity index (χ3n) is 0. The molecule has 0 fully saturated rings. The Morgan fingerprint density at radius 2 is 1.33 bits per heavy atom. The van der Waals surface area contributed by atoms with Gasteiger partial charge in [0.1, 0.15) is 0 Å². The van der Waals surface area contributed by atoms with Crippen LogP contribution in [-0.2, 0) is 0 Å². The second-order valence-electron chi connectivity index (χ2n) is 0.283. The van der Waals surface area contributed by atoms with E-state index in [1.165, 1.54) is 0 Å². The van der Waals surface area contributed by atoms with Crippen LogP contribution in [0, 0.1) is 0 Å². The van der Waals surface area contributed by atoms with E-state index in [-0.39, 0.29) is 73.6 Å². The monoisotopic (exact) mass is 216 g/mol. The number of halogens is 1. The van der Waals surface area contributed by atoms with Crippen LogP contribution in [-0.4, -0.2) is 85.3 Å². The number of hydrogen-bond acceptors (Lipinski definition) is 1. The molecule has 0 saturated heterocycles. The SMILES string of the molecule is F.O=C(O)O.[CsH]. The van der Waals surface area contributed by atoms with Gasteiger partial charge >= 0.3 is 75.0 Å². The van der Waals surface area contributed by atoms with Crippen LogP contribution in [0.2, 0.25) is 0 Å². The second-order valence-corrected chi connectivity index (χ2v) is 0.283. The van der Waals surface area contributed by atoms with Crippen LogP contribution in [0.4, 0.5) is 9.50 Å². The molecule has 0 aromatic carbocycles. The van der Waals surface area contributed by atoms with Crippen molar-refractivity contribution in [2.75, 3.05) is 0 Å². The summed E-state index contributed by atoms with van der Waals surface area (Å²) in [6, 6.07) is 0. The molecular weight excluding hydrogens is 212 g/mol. The fraction of sp³-hybridized carbons (Fsp3) is 0. The normalized spacial score (nSPS) is 4.00. The molecule has 0 aliphatic carbocycles. The molecule has 0 aromatic heterocycles. The van der Waals surface area contributed by atoms with Crippen LogP contribution in [0.25, 0.3) is 0 Å². The maximum absolute atomic E-state index is 8.56. The molecule has 0 saturated carbocycles. The topological polar surface area (TPSA) is 57.5 Å². The standard InChI is InChI=1S/CH2O3.Cs.FH.H/c2-1(3)4;;;/h(H2,2,3,4);;1H;. The Labute approximate surface area is 92.5 Å². The molecule has 0 atom stereocenters. The first-order valence-corrected chi connectivity index (χ1v) is 0.651. The van der Waals surface area contributed by atoms with Crippen LogP contribution in [0.15, 0.2) is 0 Å². The van der Waals surface area contributed by atoms with Gasteiger partial charge in [0, 0.05) is 0 Å². The van der Waals surface area contributed by atoms with E-state index < -0.39 is 6.16 Å². The van der Waals surface area contributed by atoms with Gasteiger partial charge in [0.25, 0.3) is 0 Å². The van der Waals surface area contributed by atoms with Gasteiger partial charge in [0.2, 0.25) is 0 Å². The summed E-state index contributed by atoms with van der Waals surface area (Å²) < 4.78 is 0. The van der Waals surface area contributed by atoms with Crippen molar-refractivity contribution >= 4 is 75.0 Å². The molecule has 0 bridgehead atoms. The molecule has 0 aromatic rings. The molecule has 0 unspecified atom stereocenters. The molecule has 0 aliphatic rings. The van der Waals surface area contributed by atoms with E-state index in [9.17, 15) is 0 Å². The quantitative estimate of drug-likeness (QED) is 0.585. The summed E-state index contributed by atoms with van der Waals surface area (Å²) >= 11 is 0. The van der Waals surface area contributed by atoms with Gasteiger partial charge in [-0.2, -0.15) is 0 Å². The van der Waals surface area contributed by atoms with Crippen molar-refractivity contribution in [1.82, 2.24) is 0 Å². The van der Waals surface area contributed by atoms with Crippen molar-refractivity contribution in [2.24, 2.45) is 0 Å². The Morgan fingerprint density at radius 3 is 1.33 bits per heavy atom. The summed E-state index contributed by atoms with van der Waals surface area (Å²) in [5, 5.41) is 13.9. The predicted molar refractivity (Wildman–Crippen MR) is 20.3 cm³/mol. The molecule has 0 amide bonds. The molecule has 3 nitrogen and oxygen atoms in total. The van der Waals surface area contributed by atoms with E-state index in [1.807, 2.05) is 0 Å². The third-order valence-corrected chi connectivity index (χ3v) is 0. The number of carboxylic acid groups (broad SMARTS) is 2. The van der Waals surface area contributed by atoms with Gasteiger partial charge in [0.05, 0.1) is 0 Å². The zero-order valence-electron chi connectivity index (χ0n) is 2.21. The molecule has 2 N–H and O–H groups in total. The summed E-state index contributed by atoms with van der Waals surface area (Å²) in [4.78, 5) is 8.56. The zero-order valence-corrected chi connectivity index (χ0v) is 2.21. The molecule has 0 aliphatic heterocycles. The van der Waals surface area contributed by atoms with E-state index in [0.29, 0.717) is 0 Å². The average molecular weight is 216 g/mol. The van der Waals surface area contributed by atoms with Gasteiger partial charge < -0.3 is 10.2 Å². The first-order valence-electron chi connectivity index (χ1n) is 0.651. The minimum absolute atomic E-state index is 0. The van der Waals surface area contributed by atoms with Crippen molar-refractivity contribution in [3.8, 4) is 0 Å². The van der Waals surface area contributed by atoms with E-state index in [2.05, 4.69) is 0 Å². The Hall–Kier alpha value is 1.25. The Morgan fingerprint density at radius 1 is 1.33 bits per heavy atom. The number of carbonyl (C=O) groups is 1. The molecule has 0 rings (SSSR count). The molecule has 0 spiro atoms. The van der Waals surface area contributed by atoms with E-state index >= 15 is 0 Å². The van der Waals surface area contributed by atoms with Crippen LogP contribution < -0.4 is 0 Å². The van der Waals surface area contributed by atoms with Gasteiger partial charge in [-0.25, -0.2) is 4.79 Å². The fourth-order valence-electron chi connectivity index (χ4n) is 0. The van der Waals surface area contributed by atoms with Crippen molar-refractivity contribution < 1.29 is 19.7 Å². The Kier molecular flexibility index (Phi) is 24.9. The van der Waals surface area contributed by atoms with E-state index in [4.69, 9.17) is 15.0 Å². The van der Waals surface area contributed by atoms with Gasteiger partial charge in [-0.05, 0) is 0 Å². The first-order chi connectivity index (χ1) is 1.73. The van der Waals surface area contributed by atoms with Crippen molar-refractivity contribution in [2.45, 2.75) is 0 Å². The van der Waals surface area contributed by atoms with Crippen LogP contribution >= 0.6 is 0 Å². The van der Waals surface area contributed by atoms with Gasteiger partial charge in [0.15, 0.2) is 0 Å². The van der Waals surface area contributed by atoms with Gasteiger partial charge in [-0.1, -0.05) is 0 Å². The number of rotatable bonds is 0. The summed E-state index contributed by atoms with van der Waals surface area (Å²) in [5.41, 5.74) is 0. The van der Waals surface area contributed by atoms with E-state index in [0.717, 1.165) is 0 Å². The maximum atomic E-state index is 8.56. The fourth-order valence-corrected chi connectivity index (χ4v) is 0. The van der Waals surface area contributed by atoms with Gasteiger partial charge in [-0.15, -0.1) is 0 Å². The molecule has 6 heavy (non-hydrogen) atoms. The molecule has 34 valence electrons. The van der Waals surface area contributed by atoms with Crippen molar-refractivity contribution in [3.63, 3.8) is 0 Å². The van der Waals surface area contributed by atoms with E-state index in [1.54, 1.807) is 0 Å². The number of hydrogen-bond donors (Lipinski definition) is 2. The zero-order chi connectivity index (χ0) is 3.58. The third kappa shape index (κ3) is 60.6.